The fourth-order valence-electron chi connectivity index (χ4n) is 2.33. The lowest BCUT2D eigenvalue weighted by molar-refractivity contribution is 0.0951. The van der Waals surface area contributed by atoms with Crippen LogP contribution in [0.15, 0.2) is 12.1 Å². The van der Waals surface area contributed by atoms with Gasteiger partial charge in [-0.2, -0.15) is 0 Å². The lowest BCUT2D eigenvalue weighted by Crippen LogP contribution is -2.33. The molecule has 0 bridgehead atoms. The first-order valence-electron chi connectivity index (χ1n) is 7.36. The van der Waals surface area contributed by atoms with Gasteiger partial charge in [0.25, 0.3) is 5.91 Å². The molecule has 1 amide bonds. The monoisotopic (exact) mass is 342 g/mol. The number of amides is 1. The summed E-state index contributed by atoms with van der Waals surface area (Å²) in [5.41, 5.74) is 0.535. The summed E-state index contributed by atoms with van der Waals surface area (Å²) in [7, 11) is -0.597. The second-order valence-electron chi connectivity index (χ2n) is 5.40. The molecule has 1 aromatic carbocycles. The summed E-state index contributed by atoms with van der Waals surface area (Å²) in [6.45, 7) is 1.92. The zero-order chi connectivity index (χ0) is 17.2. The van der Waals surface area contributed by atoms with Crippen LogP contribution < -0.4 is 19.1 Å². The van der Waals surface area contributed by atoms with Gasteiger partial charge in [0, 0.05) is 18.7 Å². The van der Waals surface area contributed by atoms with E-state index >= 15 is 0 Å². The Balaban J connectivity index is 2.57. The Morgan fingerprint density at radius 2 is 1.83 bits per heavy atom. The van der Waals surface area contributed by atoms with Crippen molar-refractivity contribution in [3.63, 3.8) is 0 Å². The predicted octanol–water partition coefficient (Wildman–Crippen LogP) is 1.38. The smallest absolute Gasteiger partial charge is 0.253 e. The Labute approximate surface area is 136 Å². The highest BCUT2D eigenvalue weighted by atomic mass is 32.2. The van der Waals surface area contributed by atoms with Gasteiger partial charge >= 0.3 is 0 Å². The van der Waals surface area contributed by atoms with Crippen LogP contribution in [0.4, 0.5) is 5.69 Å². The SMILES string of the molecule is CCN(c1cc(OC)c(OC)cc1C(=O)NC1CC1)S(C)(=O)=O. The fraction of sp³-hybridized carbons (Fsp3) is 0.533. The van der Waals surface area contributed by atoms with Crippen molar-refractivity contribution in [3.8, 4) is 11.5 Å². The number of sulfonamides is 1. The normalized spacial score (nSPS) is 14.3. The second-order valence-corrected chi connectivity index (χ2v) is 7.31. The van der Waals surface area contributed by atoms with Crippen LogP contribution in [-0.4, -0.2) is 47.4 Å². The average Bonchev–Trinajstić information content (AvgIpc) is 3.29. The quantitative estimate of drug-likeness (QED) is 0.809. The molecule has 7 nitrogen and oxygen atoms in total. The molecule has 1 fully saturated rings. The number of methoxy groups -OCH3 is 2. The van der Waals surface area contributed by atoms with Crippen LogP contribution in [0.3, 0.4) is 0 Å². The standard InChI is InChI=1S/C15H22N2O5S/c1-5-17(23(4,19)20)12-9-14(22-3)13(21-2)8-11(12)15(18)16-10-6-7-10/h8-10H,5-7H2,1-4H3,(H,16,18). The molecule has 1 aliphatic rings. The summed E-state index contributed by atoms with van der Waals surface area (Å²) in [5.74, 6) is 0.430. The van der Waals surface area contributed by atoms with E-state index < -0.39 is 10.0 Å². The number of hydrogen-bond donors (Lipinski definition) is 1. The van der Waals surface area contributed by atoms with E-state index in [1.165, 1.54) is 30.7 Å². The molecule has 0 aliphatic heterocycles. The Morgan fingerprint density at radius 1 is 1.26 bits per heavy atom. The molecular formula is C15H22N2O5S. The van der Waals surface area contributed by atoms with Gasteiger partial charge in [0.2, 0.25) is 10.0 Å². The molecule has 2 rings (SSSR count). The van der Waals surface area contributed by atoms with E-state index in [0.717, 1.165) is 19.1 Å². The first-order chi connectivity index (χ1) is 10.8. The van der Waals surface area contributed by atoms with E-state index in [1.54, 1.807) is 6.92 Å². The number of hydrogen-bond acceptors (Lipinski definition) is 5. The van der Waals surface area contributed by atoms with Gasteiger partial charge in [0.05, 0.1) is 31.7 Å². The summed E-state index contributed by atoms with van der Waals surface area (Å²) in [6, 6.07) is 3.20. The van der Waals surface area contributed by atoms with Crippen molar-refractivity contribution in [2.75, 3.05) is 31.3 Å². The highest BCUT2D eigenvalue weighted by molar-refractivity contribution is 7.92. The van der Waals surface area contributed by atoms with Gasteiger partial charge < -0.3 is 14.8 Å². The Kier molecular flexibility index (Phi) is 5.03. The number of benzene rings is 1. The van der Waals surface area contributed by atoms with Crippen LogP contribution in [0, 0.1) is 0 Å². The maximum absolute atomic E-state index is 12.5. The van der Waals surface area contributed by atoms with Crippen molar-refractivity contribution < 1.29 is 22.7 Å². The van der Waals surface area contributed by atoms with E-state index in [-0.39, 0.29) is 29.7 Å². The fourth-order valence-corrected chi connectivity index (χ4v) is 3.31. The minimum absolute atomic E-state index is 0.164. The molecule has 1 N–H and O–H groups in total. The van der Waals surface area contributed by atoms with Gasteiger partial charge in [-0.05, 0) is 25.8 Å². The number of carbonyl (C=O) groups excluding carboxylic acids is 1. The number of anilines is 1. The summed E-state index contributed by atoms with van der Waals surface area (Å²) >= 11 is 0. The van der Waals surface area contributed by atoms with Crippen molar-refractivity contribution in [1.29, 1.82) is 0 Å². The first kappa shape index (κ1) is 17.4. The second kappa shape index (κ2) is 6.66. The molecule has 23 heavy (non-hydrogen) atoms. The summed E-state index contributed by atoms with van der Waals surface area (Å²) in [5, 5.41) is 2.87. The third kappa shape index (κ3) is 3.87. The van der Waals surface area contributed by atoms with Gasteiger partial charge in [-0.25, -0.2) is 8.42 Å². The summed E-state index contributed by atoms with van der Waals surface area (Å²) in [4.78, 5) is 12.5. The van der Waals surface area contributed by atoms with E-state index in [9.17, 15) is 13.2 Å². The van der Waals surface area contributed by atoms with Crippen LogP contribution in [-0.2, 0) is 10.0 Å². The zero-order valence-electron chi connectivity index (χ0n) is 13.8. The number of nitrogens with zero attached hydrogens (tertiary/aromatic N) is 1. The number of carbonyl (C=O) groups is 1. The predicted molar refractivity (Wildman–Crippen MR) is 87.9 cm³/mol. The summed E-state index contributed by atoms with van der Waals surface area (Å²) < 4.78 is 35.7. The van der Waals surface area contributed by atoms with Crippen LogP contribution in [0.5, 0.6) is 11.5 Å². The largest absolute Gasteiger partial charge is 0.493 e. The molecule has 1 aromatic rings. The number of nitrogens with one attached hydrogen (secondary N) is 1. The van der Waals surface area contributed by atoms with Crippen molar-refractivity contribution in [2.45, 2.75) is 25.8 Å². The maximum atomic E-state index is 12.5. The topological polar surface area (TPSA) is 84.9 Å². The van der Waals surface area contributed by atoms with Gasteiger partial charge in [0.15, 0.2) is 11.5 Å². The lowest BCUT2D eigenvalue weighted by atomic mass is 10.1. The van der Waals surface area contributed by atoms with Gasteiger partial charge in [-0.3, -0.25) is 9.10 Å². The van der Waals surface area contributed by atoms with Crippen LogP contribution in [0.2, 0.25) is 0 Å². The third-order valence-electron chi connectivity index (χ3n) is 3.62. The highest BCUT2D eigenvalue weighted by Gasteiger charge is 2.29. The highest BCUT2D eigenvalue weighted by Crippen LogP contribution is 2.36. The van der Waals surface area contributed by atoms with E-state index in [0.29, 0.717) is 11.5 Å². The third-order valence-corrected chi connectivity index (χ3v) is 4.87. The molecular weight excluding hydrogens is 320 g/mol. The van der Waals surface area contributed by atoms with Gasteiger partial charge in [-0.1, -0.05) is 0 Å². The van der Waals surface area contributed by atoms with Crippen LogP contribution in [0.1, 0.15) is 30.1 Å². The van der Waals surface area contributed by atoms with Gasteiger partial charge in [-0.15, -0.1) is 0 Å². The minimum atomic E-state index is -3.52. The minimum Gasteiger partial charge on any atom is -0.493 e. The zero-order valence-corrected chi connectivity index (χ0v) is 14.6. The maximum Gasteiger partial charge on any atom is 0.253 e. The molecule has 128 valence electrons. The van der Waals surface area contributed by atoms with Crippen molar-refractivity contribution >= 4 is 21.6 Å². The Bertz CT molecular complexity index is 698. The molecule has 0 saturated heterocycles. The molecule has 0 radical (unpaired) electrons. The van der Waals surface area contributed by atoms with Crippen molar-refractivity contribution in [3.05, 3.63) is 17.7 Å². The molecule has 0 unspecified atom stereocenters. The molecule has 8 heteroatoms. The van der Waals surface area contributed by atoms with Crippen molar-refractivity contribution in [1.82, 2.24) is 5.32 Å². The van der Waals surface area contributed by atoms with Gasteiger partial charge in [0.1, 0.15) is 0 Å². The molecule has 1 aliphatic carbocycles. The van der Waals surface area contributed by atoms with Crippen LogP contribution >= 0.6 is 0 Å². The first-order valence-corrected chi connectivity index (χ1v) is 9.21. The summed E-state index contributed by atoms with van der Waals surface area (Å²) in [6.07, 6.45) is 2.99. The Morgan fingerprint density at radius 3 is 2.26 bits per heavy atom. The van der Waals surface area contributed by atoms with E-state index in [2.05, 4.69) is 5.32 Å². The van der Waals surface area contributed by atoms with Crippen LogP contribution in [0.25, 0.3) is 0 Å². The van der Waals surface area contributed by atoms with Crippen molar-refractivity contribution in [2.24, 2.45) is 0 Å². The lowest BCUT2D eigenvalue weighted by Gasteiger charge is -2.24. The molecule has 0 heterocycles. The molecule has 0 spiro atoms. The Hall–Kier alpha value is -1.96. The number of ether oxygens (including phenoxy) is 2. The van der Waals surface area contributed by atoms with E-state index in [4.69, 9.17) is 9.47 Å². The molecule has 0 atom stereocenters. The molecule has 0 aromatic heterocycles. The van der Waals surface area contributed by atoms with E-state index in [1.807, 2.05) is 0 Å². The average molecular weight is 342 g/mol. The number of rotatable bonds is 7. The molecule has 1 saturated carbocycles.